The number of aliphatic hydroxyl groups excluding tert-OH is 2. The van der Waals surface area contributed by atoms with Crippen LogP contribution in [0.25, 0.3) is 0 Å². The van der Waals surface area contributed by atoms with Crippen molar-refractivity contribution in [2.24, 2.45) is 5.41 Å². The van der Waals surface area contributed by atoms with Gasteiger partial charge in [-0.05, 0) is 49.1 Å². The largest absolute Gasteiger partial charge is 0.487 e. The van der Waals surface area contributed by atoms with Crippen molar-refractivity contribution in [3.63, 3.8) is 0 Å². The molecule has 0 unspecified atom stereocenters. The van der Waals surface area contributed by atoms with Crippen molar-refractivity contribution < 1.29 is 29.6 Å². The molecule has 2 atom stereocenters. The highest BCUT2D eigenvalue weighted by Gasteiger charge is 2.41. The molecule has 176 valence electrons. The lowest BCUT2D eigenvalue weighted by atomic mass is 9.74. The number of nitrogens with zero attached hydrogens (tertiary/aromatic N) is 2. The third kappa shape index (κ3) is 7.87. The molecule has 1 aromatic heterocycles. The number of carboxylic acid groups (broad SMARTS) is 1. The van der Waals surface area contributed by atoms with Crippen LogP contribution >= 0.6 is 0 Å². The molecule has 3 rings (SSSR count). The molecule has 1 aliphatic heterocycles. The van der Waals surface area contributed by atoms with Crippen LogP contribution < -0.4 is 4.74 Å². The van der Waals surface area contributed by atoms with Gasteiger partial charge in [-0.2, -0.15) is 0 Å². The Morgan fingerprint density at radius 2 is 2.00 bits per heavy atom. The molecule has 0 saturated carbocycles. The zero-order valence-corrected chi connectivity index (χ0v) is 18.6. The summed E-state index contributed by atoms with van der Waals surface area (Å²) in [7, 11) is 1.68. The Kier molecular flexibility index (Phi) is 11.1. The molecule has 0 aliphatic carbocycles. The minimum absolute atomic E-state index is 0.00528. The van der Waals surface area contributed by atoms with E-state index in [2.05, 4.69) is 22.0 Å². The number of carbonyl (C=O) groups is 1. The second-order valence-electron chi connectivity index (χ2n) is 7.99. The Labute approximate surface area is 189 Å². The molecule has 32 heavy (non-hydrogen) atoms. The molecular weight excluding hydrogens is 412 g/mol. The topological polar surface area (TPSA) is 112 Å². The number of piperidine rings is 1. The number of benzene rings is 1. The predicted molar refractivity (Wildman–Crippen MR) is 120 cm³/mol. The first kappa shape index (κ1) is 25.7. The quantitative estimate of drug-likeness (QED) is 0.377. The van der Waals surface area contributed by atoms with Crippen molar-refractivity contribution in [3.05, 3.63) is 59.9 Å². The van der Waals surface area contributed by atoms with Crippen LogP contribution in [0.15, 0.2) is 48.7 Å². The molecule has 3 N–H and O–H groups in total. The second kappa shape index (κ2) is 13.8. The summed E-state index contributed by atoms with van der Waals surface area (Å²) in [6.45, 7) is 3.14. The summed E-state index contributed by atoms with van der Waals surface area (Å²) in [4.78, 5) is 14.9. The molecule has 8 heteroatoms. The van der Waals surface area contributed by atoms with Gasteiger partial charge in [-0.1, -0.05) is 18.2 Å². The fraction of sp³-hybridized carbons (Fsp3) is 0.500. The molecule has 1 aliphatic rings. The van der Waals surface area contributed by atoms with E-state index in [9.17, 15) is 10.2 Å². The van der Waals surface area contributed by atoms with Gasteiger partial charge in [-0.15, -0.1) is 0 Å². The van der Waals surface area contributed by atoms with Crippen molar-refractivity contribution in [1.29, 1.82) is 0 Å². The highest BCUT2D eigenvalue weighted by molar-refractivity contribution is 5.32. The first-order valence-electron chi connectivity index (χ1n) is 10.8. The molecular formula is C24H34N2O6. The van der Waals surface area contributed by atoms with E-state index in [-0.39, 0.29) is 13.1 Å². The molecule has 1 aromatic carbocycles. The Hall–Kier alpha value is -2.52. The van der Waals surface area contributed by atoms with E-state index in [0.717, 1.165) is 37.4 Å². The number of aliphatic hydroxyl groups is 2. The molecule has 0 spiro atoms. The van der Waals surface area contributed by atoms with E-state index >= 15 is 0 Å². The third-order valence-corrected chi connectivity index (χ3v) is 5.74. The van der Waals surface area contributed by atoms with Gasteiger partial charge in [-0.25, -0.2) is 0 Å². The summed E-state index contributed by atoms with van der Waals surface area (Å²) in [5.74, 6) is 0.817. The summed E-state index contributed by atoms with van der Waals surface area (Å²) in [6.07, 6.45) is 3.57. The number of hydrogen-bond donors (Lipinski definition) is 3. The van der Waals surface area contributed by atoms with Gasteiger partial charge in [0.1, 0.15) is 12.4 Å². The van der Waals surface area contributed by atoms with Gasteiger partial charge in [-0.3, -0.25) is 14.7 Å². The lowest BCUT2D eigenvalue weighted by Gasteiger charge is -2.45. The first-order valence-corrected chi connectivity index (χ1v) is 10.8. The number of rotatable bonds is 10. The van der Waals surface area contributed by atoms with Crippen LogP contribution in [-0.4, -0.2) is 71.2 Å². The van der Waals surface area contributed by atoms with Crippen molar-refractivity contribution in [2.45, 2.75) is 38.5 Å². The van der Waals surface area contributed by atoms with Gasteiger partial charge in [0.2, 0.25) is 0 Å². The number of aromatic nitrogens is 1. The molecule has 2 aromatic rings. The zero-order chi connectivity index (χ0) is 23.2. The minimum atomic E-state index is -0.470. The molecule has 1 fully saturated rings. The van der Waals surface area contributed by atoms with Gasteiger partial charge in [0, 0.05) is 45.0 Å². The van der Waals surface area contributed by atoms with Crippen LogP contribution in [0.1, 0.15) is 30.5 Å². The van der Waals surface area contributed by atoms with E-state index in [1.54, 1.807) is 13.3 Å². The van der Waals surface area contributed by atoms with E-state index in [4.69, 9.17) is 19.4 Å². The average Bonchev–Trinajstić information content (AvgIpc) is 2.82. The van der Waals surface area contributed by atoms with Crippen LogP contribution in [0, 0.1) is 5.41 Å². The predicted octanol–water partition coefficient (Wildman–Crippen LogP) is 2.33. The summed E-state index contributed by atoms with van der Waals surface area (Å²) in [5.41, 5.74) is 1.62. The molecule has 0 bridgehead atoms. The molecule has 8 nitrogen and oxygen atoms in total. The van der Waals surface area contributed by atoms with Gasteiger partial charge < -0.3 is 24.8 Å². The maximum atomic E-state index is 10.5. The van der Waals surface area contributed by atoms with E-state index in [0.29, 0.717) is 26.2 Å². The van der Waals surface area contributed by atoms with E-state index < -0.39 is 11.5 Å². The smallest absolute Gasteiger partial charge is 0.290 e. The van der Waals surface area contributed by atoms with Crippen molar-refractivity contribution in [1.82, 2.24) is 9.88 Å². The van der Waals surface area contributed by atoms with Crippen LogP contribution in [0.5, 0.6) is 5.75 Å². The van der Waals surface area contributed by atoms with Crippen LogP contribution in [0.2, 0.25) is 0 Å². The number of hydrogen-bond acceptors (Lipinski definition) is 7. The highest BCUT2D eigenvalue weighted by atomic mass is 16.5. The zero-order valence-electron chi connectivity index (χ0n) is 18.6. The number of methoxy groups -OCH3 is 1. The Balaban J connectivity index is 0.00000114. The summed E-state index contributed by atoms with van der Waals surface area (Å²) < 4.78 is 10.9. The normalized spacial score (nSPS) is 20.8. The van der Waals surface area contributed by atoms with Crippen molar-refractivity contribution >= 4 is 6.47 Å². The van der Waals surface area contributed by atoms with Crippen molar-refractivity contribution in [3.8, 4) is 5.75 Å². The number of likely N-dealkylation sites (tertiary alicyclic amines) is 1. The van der Waals surface area contributed by atoms with Gasteiger partial charge in [0.15, 0.2) is 0 Å². The summed E-state index contributed by atoms with van der Waals surface area (Å²) >= 11 is 0. The van der Waals surface area contributed by atoms with Crippen LogP contribution in [-0.2, 0) is 22.7 Å². The summed E-state index contributed by atoms with van der Waals surface area (Å²) in [6, 6.07) is 13.9. The Morgan fingerprint density at radius 1 is 1.25 bits per heavy atom. The molecule has 0 radical (unpaired) electrons. The lowest BCUT2D eigenvalue weighted by molar-refractivity contribution is -0.122. The Morgan fingerprint density at radius 3 is 2.62 bits per heavy atom. The summed E-state index contributed by atoms with van der Waals surface area (Å²) in [5, 5.41) is 27.5. The van der Waals surface area contributed by atoms with Gasteiger partial charge in [0.25, 0.3) is 6.47 Å². The van der Waals surface area contributed by atoms with Gasteiger partial charge in [0.05, 0.1) is 18.4 Å². The maximum absolute atomic E-state index is 10.5. The standard InChI is InChI=1S/C23H32N2O4.CH2O2/c1-28-14-4-11-23(18-26)17-25(13-10-22(23)27)15-19-6-8-21(9-7-19)29-16-20-5-2-3-12-24-20;2-1-3/h2-3,5-9,12,22,26-27H,4,10-11,13-18H2,1H3;1H,(H,2,3)/t22-,23+;/m1./s1. The second-order valence-corrected chi connectivity index (χ2v) is 7.99. The average molecular weight is 447 g/mol. The number of pyridine rings is 1. The SMILES string of the molecule is COCCC[C@@]1(CO)CN(Cc2ccc(OCc3ccccn3)cc2)CC[C@H]1O.O=CO. The monoisotopic (exact) mass is 446 g/mol. The molecule has 0 amide bonds. The Bertz CT molecular complexity index is 774. The molecule has 2 heterocycles. The lowest BCUT2D eigenvalue weighted by Crippen LogP contribution is -2.53. The number of ether oxygens (including phenoxy) is 2. The highest BCUT2D eigenvalue weighted by Crippen LogP contribution is 2.35. The van der Waals surface area contributed by atoms with E-state index in [1.807, 2.05) is 30.3 Å². The molecule has 1 saturated heterocycles. The van der Waals surface area contributed by atoms with Crippen LogP contribution in [0.3, 0.4) is 0 Å². The van der Waals surface area contributed by atoms with Gasteiger partial charge >= 0.3 is 0 Å². The first-order chi connectivity index (χ1) is 15.6. The maximum Gasteiger partial charge on any atom is 0.290 e. The minimum Gasteiger partial charge on any atom is -0.487 e. The van der Waals surface area contributed by atoms with E-state index in [1.165, 1.54) is 5.56 Å². The fourth-order valence-electron chi connectivity index (χ4n) is 4.01. The fourth-order valence-corrected chi connectivity index (χ4v) is 4.01. The third-order valence-electron chi connectivity index (χ3n) is 5.74. The van der Waals surface area contributed by atoms with Crippen molar-refractivity contribution in [2.75, 3.05) is 33.4 Å². The van der Waals surface area contributed by atoms with Crippen LogP contribution in [0.4, 0.5) is 0 Å².